The van der Waals surface area contributed by atoms with E-state index in [0.29, 0.717) is 16.9 Å². The van der Waals surface area contributed by atoms with Gasteiger partial charge in [0.05, 0.1) is 10.6 Å². The van der Waals surface area contributed by atoms with Crippen LogP contribution in [0.25, 0.3) is 0 Å². The van der Waals surface area contributed by atoms with Gasteiger partial charge in [-0.2, -0.15) is 16.8 Å². The normalized spacial score (nSPS) is 11.3. The van der Waals surface area contributed by atoms with Gasteiger partial charge in [0.25, 0.3) is 20.2 Å². The molecule has 0 aliphatic carbocycles. The molecule has 4 N–H and O–H groups in total. The van der Waals surface area contributed by atoms with Crippen LogP contribution in [0.15, 0.2) is 46.2 Å². The van der Waals surface area contributed by atoms with Crippen LogP contribution >= 0.6 is 0 Å². The number of benzene rings is 2. The molecular weight excluding hydrogens is 380 g/mol. The van der Waals surface area contributed by atoms with E-state index < -0.39 is 20.2 Å². The first kappa shape index (κ1) is 21.9. The largest absolute Gasteiger partial charge is 0.388 e. The van der Waals surface area contributed by atoms with Crippen LogP contribution in [0, 0.1) is 13.8 Å². The Morgan fingerprint density at radius 1 is 0.769 bits per heavy atom. The van der Waals surface area contributed by atoms with Crippen molar-refractivity contribution in [3.63, 3.8) is 0 Å². The second kappa shape index (κ2) is 8.49. The molecule has 0 atom stereocenters. The van der Waals surface area contributed by atoms with Gasteiger partial charge in [0.1, 0.15) is 4.90 Å². The third kappa shape index (κ3) is 5.99. The zero-order valence-corrected chi connectivity index (χ0v) is 16.4. The molecule has 0 radical (unpaired) electrons. The van der Waals surface area contributed by atoms with Gasteiger partial charge < -0.3 is 10.6 Å². The summed E-state index contributed by atoms with van der Waals surface area (Å²) in [6.45, 7) is 3.39. The summed E-state index contributed by atoms with van der Waals surface area (Å²) in [5.74, 6) is 0. The quantitative estimate of drug-likeness (QED) is 0.574. The Kier molecular flexibility index (Phi) is 7.16. The zero-order valence-electron chi connectivity index (χ0n) is 14.8. The molecule has 0 aliphatic rings. The summed E-state index contributed by atoms with van der Waals surface area (Å²) < 4.78 is 61.2. The minimum Gasteiger partial charge on any atom is -0.388 e. The highest BCUT2D eigenvalue weighted by atomic mass is 32.2. The van der Waals surface area contributed by atoms with E-state index >= 15 is 0 Å². The Bertz CT molecular complexity index is 986. The van der Waals surface area contributed by atoms with Crippen molar-refractivity contribution in [3.8, 4) is 0 Å². The third-order valence-electron chi connectivity index (χ3n) is 3.44. The maximum absolute atomic E-state index is 10.9. The Morgan fingerprint density at radius 2 is 1.35 bits per heavy atom. The number of nitrogens with one attached hydrogen (secondary N) is 2. The van der Waals surface area contributed by atoms with Crippen molar-refractivity contribution in [1.82, 2.24) is 0 Å². The highest BCUT2D eigenvalue weighted by Gasteiger charge is 2.14. The molecule has 2 aromatic rings. The lowest BCUT2D eigenvalue weighted by atomic mass is 10.2. The first-order valence-corrected chi connectivity index (χ1v) is 10.3. The summed E-state index contributed by atoms with van der Waals surface area (Å²) in [4.78, 5) is -0.144. The summed E-state index contributed by atoms with van der Waals surface area (Å²) in [5, 5.41) is 5.48. The van der Waals surface area contributed by atoms with Crippen molar-refractivity contribution in [1.29, 1.82) is 0 Å². The first-order valence-electron chi connectivity index (χ1n) is 7.42. The molecule has 2 aromatic carbocycles. The molecule has 26 heavy (non-hydrogen) atoms. The molecule has 0 unspecified atom stereocenters. The monoisotopic (exact) mass is 402 g/mol. The highest BCUT2D eigenvalue weighted by molar-refractivity contribution is 7.86. The Hall–Kier alpha value is -2.14. The van der Waals surface area contributed by atoms with Crippen LogP contribution in [-0.4, -0.2) is 40.0 Å². The molecule has 8 nitrogen and oxygen atoms in total. The molecule has 0 heterocycles. The van der Waals surface area contributed by atoms with E-state index in [1.807, 2.05) is 0 Å². The van der Waals surface area contributed by atoms with E-state index in [1.165, 1.54) is 12.1 Å². The van der Waals surface area contributed by atoms with Crippen LogP contribution in [0.3, 0.4) is 0 Å². The highest BCUT2D eigenvalue weighted by Crippen LogP contribution is 2.21. The summed E-state index contributed by atoms with van der Waals surface area (Å²) >= 11 is 0. The number of rotatable bonds is 4. The molecule has 10 heteroatoms. The van der Waals surface area contributed by atoms with Gasteiger partial charge in [0.15, 0.2) is 0 Å². The topological polar surface area (TPSA) is 133 Å². The molecule has 0 amide bonds. The minimum atomic E-state index is -4.13. The maximum atomic E-state index is 10.9. The zero-order chi connectivity index (χ0) is 20.1. The van der Waals surface area contributed by atoms with Crippen LogP contribution in [0.4, 0.5) is 11.4 Å². The van der Waals surface area contributed by atoms with Crippen LogP contribution in [0.2, 0.25) is 0 Å². The van der Waals surface area contributed by atoms with E-state index in [9.17, 15) is 16.8 Å². The lowest BCUT2D eigenvalue weighted by Gasteiger charge is -2.06. The molecule has 0 spiro atoms. The number of hydrogen-bond acceptors (Lipinski definition) is 6. The van der Waals surface area contributed by atoms with Gasteiger partial charge in [0.2, 0.25) is 0 Å². The minimum absolute atomic E-state index is 0.0562. The SMILES string of the molecule is CNc1ccc(C)c(S(=O)(=O)O)c1.CNc1ccc(C)cc1S(=O)(=O)O. The molecule has 0 fully saturated rings. The second-order valence-electron chi connectivity index (χ2n) is 5.43. The van der Waals surface area contributed by atoms with Gasteiger partial charge >= 0.3 is 0 Å². The smallest absolute Gasteiger partial charge is 0.296 e. The Balaban J connectivity index is 0.000000260. The average molecular weight is 402 g/mol. The molecule has 0 saturated carbocycles. The van der Waals surface area contributed by atoms with Crippen LogP contribution in [-0.2, 0) is 20.2 Å². The second-order valence-corrected chi connectivity index (χ2v) is 8.21. The molecular formula is C16H22N2O6S2. The fraction of sp³-hybridized carbons (Fsp3) is 0.250. The summed E-state index contributed by atoms with van der Waals surface area (Å²) in [6, 6.07) is 9.56. The van der Waals surface area contributed by atoms with Crippen molar-refractivity contribution in [3.05, 3.63) is 47.5 Å². The van der Waals surface area contributed by atoms with Crippen molar-refractivity contribution < 1.29 is 25.9 Å². The molecule has 2 rings (SSSR count). The maximum Gasteiger partial charge on any atom is 0.296 e. The van der Waals surface area contributed by atoms with Crippen LogP contribution in [0.5, 0.6) is 0 Å². The first-order chi connectivity index (χ1) is 11.9. The van der Waals surface area contributed by atoms with Crippen LogP contribution in [0.1, 0.15) is 11.1 Å². The fourth-order valence-corrected chi connectivity index (χ4v) is 3.62. The van der Waals surface area contributed by atoms with E-state index in [4.69, 9.17) is 9.11 Å². The Morgan fingerprint density at radius 3 is 1.81 bits per heavy atom. The molecule has 144 valence electrons. The van der Waals surface area contributed by atoms with Gasteiger partial charge in [-0.15, -0.1) is 0 Å². The van der Waals surface area contributed by atoms with Gasteiger partial charge in [-0.3, -0.25) is 9.11 Å². The molecule has 0 saturated heterocycles. The molecule has 0 bridgehead atoms. The van der Waals surface area contributed by atoms with Crippen molar-refractivity contribution in [2.24, 2.45) is 0 Å². The molecule has 0 aromatic heterocycles. The summed E-state index contributed by atoms with van der Waals surface area (Å²) in [7, 11) is -4.96. The van der Waals surface area contributed by atoms with Crippen molar-refractivity contribution in [2.45, 2.75) is 23.6 Å². The van der Waals surface area contributed by atoms with Gasteiger partial charge in [-0.25, -0.2) is 0 Å². The van der Waals surface area contributed by atoms with Gasteiger partial charge in [-0.05, 0) is 49.2 Å². The third-order valence-corrected chi connectivity index (χ3v) is 5.33. The summed E-state index contributed by atoms with van der Waals surface area (Å²) in [6.07, 6.45) is 0. The van der Waals surface area contributed by atoms with E-state index in [-0.39, 0.29) is 9.79 Å². The predicted molar refractivity (Wildman–Crippen MR) is 101 cm³/mol. The van der Waals surface area contributed by atoms with Crippen molar-refractivity contribution >= 4 is 31.6 Å². The van der Waals surface area contributed by atoms with Crippen LogP contribution < -0.4 is 10.6 Å². The number of aryl methyl sites for hydroxylation is 2. The fourth-order valence-electron chi connectivity index (χ4n) is 2.08. The van der Waals surface area contributed by atoms with Gasteiger partial charge in [-0.1, -0.05) is 12.1 Å². The Labute approximate surface area is 153 Å². The molecule has 0 aliphatic heterocycles. The summed E-state index contributed by atoms with van der Waals surface area (Å²) in [5.41, 5.74) is 2.36. The van der Waals surface area contributed by atoms with E-state index in [0.717, 1.165) is 5.56 Å². The lowest BCUT2D eigenvalue weighted by Crippen LogP contribution is -2.03. The lowest BCUT2D eigenvalue weighted by molar-refractivity contribution is 0.480. The van der Waals surface area contributed by atoms with E-state index in [2.05, 4.69) is 10.6 Å². The average Bonchev–Trinajstić information content (AvgIpc) is 2.54. The number of hydrogen-bond donors (Lipinski definition) is 4. The van der Waals surface area contributed by atoms with Crippen molar-refractivity contribution in [2.75, 3.05) is 24.7 Å². The standard InChI is InChI=1S/2C8H11NO3S/c1-6-3-4-7(9-2)5-8(6)13(10,11)12;1-6-3-4-7(9-2)8(5-6)13(10,11)12/h2*3-5,9H,1-2H3,(H,10,11,12). The number of anilines is 2. The predicted octanol–water partition coefficient (Wildman–Crippen LogP) is 2.57. The van der Waals surface area contributed by atoms with E-state index in [1.54, 1.807) is 52.2 Å². The van der Waals surface area contributed by atoms with Gasteiger partial charge in [0, 0.05) is 19.8 Å².